The Balaban J connectivity index is 2.95. The summed E-state index contributed by atoms with van der Waals surface area (Å²) in [6.07, 6.45) is 0. The van der Waals surface area contributed by atoms with Crippen molar-refractivity contribution in [1.82, 2.24) is 0 Å². The molecule has 82 valence electrons. The fourth-order valence-electron chi connectivity index (χ4n) is 1.34. The van der Waals surface area contributed by atoms with Crippen LogP contribution < -0.4 is 4.90 Å². The van der Waals surface area contributed by atoms with Crippen molar-refractivity contribution in [3.05, 3.63) is 29.8 Å². The molecule has 3 heteroatoms. The van der Waals surface area contributed by atoms with E-state index in [1.54, 1.807) is 0 Å². The van der Waals surface area contributed by atoms with E-state index in [1.807, 2.05) is 43.3 Å². The molecule has 0 saturated heterocycles. The third kappa shape index (κ3) is 3.09. The zero-order valence-electron chi connectivity index (χ0n) is 10.2. The van der Waals surface area contributed by atoms with Crippen molar-refractivity contribution < 1.29 is 4.79 Å². The van der Waals surface area contributed by atoms with E-state index < -0.39 is 13.3 Å². The van der Waals surface area contributed by atoms with Gasteiger partial charge in [-0.15, -0.1) is 0 Å². The third-order valence-corrected chi connectivity index (χ3v) is 5.79. The molecule has 0 unspecified atom stereocenters. The zero-order chi connectivity index (χ0) is 11.6. The van der Waals surface area contributed by atoms with E-state index in [2.05, 4.69) is 17.3 Å². The molecule has 1 rings (SSSR count). The summed E-state index contributed by atoms with van der Waals surface area (Å²) in [6.45, 7) is 0. The average Bonchev–Trinajstić information content (AvgIpc) is 2.15. The molecule has 1 aromatic carbocycles. The molecular formula is C12H19GeNO. The van der Waals surface area contributed by atoms with Gasteiger partial charge in [0.05, 0.1) is 0 Å². The van der Waals surface area contributed by atoms with Crippen LogP contribution >= 0.6 is 0 Å². The Bertz CT molecular complexity index is 349. The molecule has 0 atom stereocenters. The van der Waals surface area contributed by atoms with E-state index in [4.69, 9.17) is 0 Å². The second-order valence-electron chi connectivity index (χ2n) is 5.02. The minimum absolute atomic E-state index is 0.375. The standard InChI is InChI=1S/C12H19GeNO/c1-13(2,3)12(15)10-6-8-11(9-7-10)14(4)5/h6-9H,1-5H3. The molecule has 0 saturated carbocycles. The molecule has 0 fully saturated rings. The van der Waals surface area contributed by atoms with Gasteiger partial charge in [-0.3, -0.25) is 0 Å². The summed E-state index contributed by atoms with van der Waals surface area (Å²) in [6, 6.07) is 7.88. The molecule has 0 aliphatic rings. The number of rotatable bonds is 3. The van der Waals surface area contributed by atoms with Gasteiger partial charge in [0.15, 0.2) is 0 Å². The van der Waals surface area contributed by atoms with Crippen molar-refractivity contribution in [3.8, 4) is 0 Å². The number of anilines is 1. The summed E-state index contributed by atoms with van der Waals surface area (Å²) < 4.78 is 0.375. The Morgan fingerprint density at radius 3 is 1.87 bits per heavy atom. The van der Waals surface area contributed by atoms with Crippen LogP contribution in [0.15, 0.2) is 24.3 Å². The van der Waals surface area contributed by atoms with Crippen molar-refractivity contribution in [2.75, 3.05) is 19.0 Å². The number of carbonyl (C=O) groups is 1. The van der Waals surface area contributed by atoms with Crippen LogP contribution in [0.25, 0.3) is 0 Å². The van der Waals surface area contributed by atoms with Crippen molar-refractivity contribution in [1.29, 1.82) is 0 Å². The van der Waals surface area contributed by atoms with Gasteiger partial charge in [-0.25, -0.2) is 0 Å². The van der Waals surface area contributed by atoms with Gasteiger partial charge in [-0.05, 0) is 0 Å². The molecule has 0 spiro atoms. The van der Waals surface area contributed by atoms with Gasteiger partial charge in [0.2, 0.25) is 0 Å². The quantitative estimate of drug-likeness (QED) is 0.784. The van der Waals surface area contributed by atoms with Gasteiger partial charge < -0.3 is 0 Å². The van der Waals surface area contributed by atoms with Crippen molar-refractivity contribution in [2.45, 2.75) is 17.3 Å². The fourth-order valence-corrected chi connectivity index (χ4v) is 3.51. The van der Waals surface area contributed by atoms with Crippen molar-refractivity contribution in [3.63, 3.8) is 0 Å². The van der Waals surface area contributed by atoms with Gasteiger partial charge >= 0.3 is 94.5 Å². The maximum atomic E-state index is 12.0. The molecule has 1 aromatic rings. The molecule has 0 aliphatic carbocycles. The Hall–Kier alpha value is -0.767. The monoisotopic (exact) mass is 267 g/mol. The van der Waals surface area contributed by atoms with Crippen LogP contribution in [-0.4, -0.2) is 32.0 Å². The Morgan fingerprint density at radius 1 is 1.07 bits per heavy atom. The van der Waals surface area contributed by atoms with Crippen molar-refractivity contribution >= 4 is 23.6 Å². The molecule has 0 amide bonds. The number of benzene rings is 1. The van der Waals surface area contributed by atoms with E-state index >= 15 is 0 Å². The first-order valence-electron chi connectivity index (χ1n) is 5.14. The topological polar surface area (TPSA) is 20.3 Å². The molecular weight excluding hydrogens is 247 g/mol. The number of nitrogens with zero attached hydrogens (tertiary/aromatic N) is 1. The summed E-state index contributed by atoms with van der Waals surface area (Å²) in [5, 5.41) is 0. The van der Waals surface area contributed by atoms with Crippen LogP contribution in [-0.2, 0) is 0 Å². The van der Waals surface area contributed by atoms with Crippen molar-refractivity contribution in [2.24, 2.45) is 0 Å². The van der Waals surface area contributed by atoms with Crippen LogP contribution in [0.3, 0.4) is 0 Å². The van der Waals surface area contributed by atoms with Gasteiger partial charge in [-0.2, -0.15) is 0 Å². The van der Waals surface area contributed by atoms with Gasteiger partial charge in [0.25, 0.3) is 0 Å². The molecule has 15 heavy (non-hydrogen) atoms. The summed E-state index contributed by atoms with van der Waals surface area (Å²) in [7, 11) is 4.00. The van der Waals surface area contributed by atoms with Crippen LogP contribution in [0.5, 0.6) is 0 Å². The molecule has 0 aliphatic heterocycles. The third-order valence-electron chi connectivity index (χ3n) is 2.33. The van der Waals surface area contributed by atoms with Gasteiger partial charge in [0, 0.05) is 0 Å². The molecule has 0 N–H and O–H groups in total. The zero-order valence-corrected chi connectivity index (χ0v) is 12.3. The SMILES string of the molecule is CN(C)c1ccc([C](=O)[Ge]([CH3])([CH3])[CH3])cc1. The molecule has 0 aromatic heterocycles. The summed E-state index contributed by atoms with van der Waals surface area (Å²) >= 11 is -2.19. The number of hydrogen-bond acceptors (Lipinski definition) is 2. The summed E-state index contributed by atoms with van der Waals surface area (Å²) in [4.78, 5) is 14.1. The van der Waals surface area contributed by atoms with Gasteiger partial charge in [0.1, 0.15) is 0 Å². The van der Waals surface area contributed by atoms with E-state index in [-0.39, 0.29) is 0 Å². The van der Waals surface area contributed by atoms with E-state index in [0.29, 0.717) is 4.62 Å². The van der Waals surface area contributed by atoms with Crippen LogP contribution in [0.1, 0.15) is 10.4 Å². The van der Waals surface area contributed by atoms with Gasteiger partial charge in [-0.1, -0.05) is 0 Å². The Morgan fingerprint density at radius 2 is 1.53 bits per heavy atom. The average molecular weight is 266 g/mol. The molecule has 2 nitrogen and oxygen atoms in total. The second kappa shape index (κ2) is 4.39. The first-order valence-corrected chi connectivity index (χ1v) is 12.5. The van der Waals surface area contributed by atoms with Crippen LogP contribution in [0.2, 0.25) is 17.3 Å². The van der Waals surface area contributed by atoms with Crippen LogP contribution in [0, 0.1) is 0 Å². The minimum atomic E-state index is -2.19. The Kier molecular flexibility index (Phi) is 3.60. The summed E-state index contributed by atoms with van der Waals surface area (Å²) in [5.41, 5.74) is 2.00. The van der Waals surface area contributed by atoms with Crippen LogP contribution in [0.4, 0.5) is 5.69 Å². The second-order valence-corrected chi connectivity index (χ2v) is 15.4. The maximum absolute atomic E-state index is 12.0. The fraction of sp³-hybridized carbons (Fsp3) is 0.417. The first-order chi connectivity index (χ1) is 6.82. The van der Waals surface area contributed by atoms with E-state index in [0.717, 1.165) is 11.3 Å². The predicted molar refractivity (Wildman–Crippen MR) is 68.4 cm³/mol. The predicted octanol–water partition coefficient (Wildman–Crippen LogP) is 2.81. The Labute approximate surface area is 94.6 Å². The van der Waals surface area contributed by atoms with E-state index in [9.17, 15) is 4.79 Å². The normalized spacial score (nSPS) is 11.3. The molecule has 0 bridgehead atoms. The molecule has 0 heterocycles. The van der Waals surface area contributed by atoms with E-state index in [1.165, 1.54) is 0 Å². The number of carbonyl (C=O) groups excluding carboxylic acids is 1. The first kappa shape index (κ1) is 12.3. The summed E-state index contributed by atoms with van der Waals surface area (Å²) in [5.74, 6) is 6.38. The molecule has 0 radical (unpaired) electrons. The number of hydrogen-bond donors (Lipinski definition) is 0.